The first kappa shape index (κ1) is 15.5. The molecule has 21 heavy (non-hydrogen) atoms. The zero-order valence-electron chi connectivity index (χ0n) is 12.9. The second-order valence-corrected chi connectivity index (χ2v) is 5.60. The summed E-state index contributed by atoms with van der Waals surface area (Å²) >= 11 is 0. The highest BCUT2D eigenvalue weighted by atomic mass is 16.5. The zero-order chi connectivity index (χ0) is 15.6. The molecule has 1 aliphatic rings. The topological polar surface area (TPSA) is 78.5 Å². The van der Waals surface area contributed by atoms with Crippen LogP contribution in [-0.2, 0) is 9.53 Å². The van der Waals surface area contributed by atoms with E-state index >= 15 is 0 Å². The Bertz CT molecular complexity index is 563. The van der Waals surface area contributed by atoms with Gasteiger partial charge in [0.25, 0.3) is 0 Å². The van der Waals surface area contributed by atoms with Crippen molar-refractivity contribution in [3.8, 4) is 6.07 Å². The molecule has 6 heteroatoms. The molecule has 1 aliphatic heterocycles. The summed E-state index contributed by atoms with van der Waals surface area (Å²) < 4.78 is 11.1. The van der Waals surface area contributed by atoms with Gasteiger partial charge in [0.1, 0.15) is 17.4 Å². The van der Waals surface area contributed by atoms with Crippen molar-refractivity contribution in [2.45, 2.75) is 39.9 Å². The van der Waals surface area contributed by atoms with Crippen molar-refractivity contribution in [1.29, 1.82) is 5.26 Å². The van der Waals surface area contributed by atoms with Crippen molar-refractivity contribution in [2.75, 3.05) is 25.0 Å². The fourth-order valence-corrected chi connectivity index (χ4v) is 2.63. The van der Waals surface area contributed by atoms with Gasteiger partial charge in [-0.15, -0.1) is 0 Å². The van der Waals surface area contributed by atoms with E-state index in [0.717, 1.165) is 18.7 Å². The number of amides is 1. The Labute approximate surface area is 124 Å². The Morgan fingerprint density at radius 3 is 2.57 bits per heavy atom. The molecule has 2 rings (SSSR count). The fraction of sp³-hybridized carbons (Fsp3) is 0.600. The molecule has 1 saturated heterocycles. The standard InChI is InChI=1S/C15H21N3O3/c1-9-6-18(7-10(2)20-9)8-14(19)17-15-13(5-16)11(3)12(4)21-15/h9-10H,6-8H2,1-4H3,(H,17,19)/t9-,10+. The number of carbonyl (C=O) groups is 1. The number of hydrogen-bond acceptors (Lipinski definition) is 5. The molecule has 1 aromatic heterocycles. The number of furan rings is 1. The molecular weight excluding hydrogens is 270 g/mol. The maximum atomic E-state index is 12.1. The van der Waals surface area contributed by atoms with Gasteiger partial charge in [-0.05, 0) is 27.7 Å². The van der Waals surface area contributed by atoms with Crippen molar-refractivity contribution in [3.63, 3.8) is 0 Å². The van der Waals surface area contributed by atoms with E-state index in [0.29, 0.717) is 11.3 Å². The number of nitrogens with one attached hydrogen (secondary N) is 1. The smallest absolute Gasteiger partial charge is 0.240 e. The van der Waals surface area contributed by atoms with Crippen LogP contribution >= 0.6 is 0 Å². The van der Waals surface area contributed by atoms with E-state index < -0.39 is 0 Å². The van der Waals surface area contributed by atoms with Crippen LogP contribution in [0.15, 0.2) is 4.42 Å². The van der Waals surface area contributed by atoms with Gasteiger partial charge in [-0.3, -0.25) is 15.0 Å². The lowest BCUT2D eigenvalue weighted by molar-refractivity contribution is -0.121. The summed E-state index contributed by atoms with van der Waals surface area (Å²) in [5.74, 6) is 0.712. The third-order valence-electron chi connectivity index (χ3n) is 3.61. The number of anilines is 1. The van der Waals surface area contributed by atoms with Crippen LogP contribution in [0.5, 0.6) is 0 Å². The average molecular weight is 291 g/mol. The number of aryl methyl sites for hydroxylation is 1. The summed E-state index contributed by atoms with van der Waals surface area (Å²) in [5, 5.41) is 11.8. The normalized spacial score (nSPS) is 22.8. The molecule has 0 radical (unpaired) electrons. The number of nitriles is 1. The van der Waals surface area contributed by atoms with Crippen LogP contribution in [0.4, 0.5) is 5.88 Å². The molecule has 2 heterocycles. The van der Waals surface area contributed by atoms with Crippen LogP contribution in [0.25, 0.3) is 0 Å². The highest BCUT2D eigenvalue weighted by Crippen LogP contribution is 2.25. The van der Waals surface area contributed by atoms with Crippen LogP contribution in [-0.4, -0.2) is 42.6 Å². The van der Waals surface area contributed by atoms with Crippen molar-refractivity contribution < 1.29 is 13.9 Å². The summed E-state index contributed by atoms with van der Waals surface area (Å²) in [4.78, 5) is 14.2. The molecule has 0 bridgehead atoms. The second kappa shape index (κ2) is 6.29. The van der Waals surface area contributed by atoms with Crippen molar-refractivity contribution in [1.82, 2.24) is 4.90 Å². The molecule has 114 valence electrons. The fourth-order valence-electron chi connectivity index (χ4n) is 2.63. The minimum atomic E-state index is -0.179. The molecule has 0 saturated carbocycles. The molecular formula is C15H21N3O3. The van der Waals surface area contributed by atoms with Gasteiger partial charge in [0.15, 0.2) is 0 Å². The minimum absolute atomic E-state index is 0.115. The molecule has 0 aromatic carbocycles. The predicted octanol–water partition coefficient (Wildman–Crippen LogP) is 1.82. The van der Waals surface area contributed by atoms with Crippen LogP contribution in [0, 0.1) is 25.2 Å². The van der Waals surface area contributed by atoms with Gasteiger partial charge in [-0.25, -0.2) is 0 Å². The van der Waals surface area contributed by atoms with E-state index in [1.807, 2.05) is 18.7 Å². The first-order valence-corrected chi connectivity index (χ1v) is 7.08. The maximum absolute atomic E-state index is 12.1. The van der Waals surface area contributed by atoms with Gasteiger partial charge in [0.05, 0.1) is 18.8 Å². The number of nitrogens with zero attached hydrogens (tertiary/aromatic N) is 2. The van der Waals surface area contributed by atoms with E-state index in [4.69, 9.17) is 14.4 Å². The van der Waals surface area contributed by atoms with E-state index in [2.05, 4.69) is 11.4 Å². The molecule has 1 N–H and O–H groups in total. The average Bonchev–Trinajstić information content (AvgIpc) is 2.62. The Kier molecular flexibility index (Phi) is 4.66. The molecule has 0 spiro atoms. The third kappa shape index (κ3) is 3.63. The van der Waals surface area contributed by atoms with Crippen molar-refractivity contribution in [3.05, 3.63) is 16.9 Å². The summed E-state index contributed by atoms with van der Waals surface area (Å²) in [6.07, 6.45) is 0.230. The van der Waals surface area contributed by atoms with Crippen molar-refractivity contribution >= 4 is 11.8 Å². The van der Waals surface area contributed by atoms with Gasteiger partial charge >= 0.3 is 0 Å². The summed E-state index contributed by atoms with van der Waals surface area (Å²) in [5.41, 5.74) is 1.16. The van der Waals surface area contributed by atoms with Gasteiger partial charge in [0.2, 0.25) is 11.8 Å². The zero-order valence-corrected chi connectivity index (χ0v) is 12.9. The number of morpholine rings is 1. The predicted molar refractivity (Wildman–Crippen MR) is 78.0 cm³/mol. The first-order chi connectivity index (χ1) is 9.90. The molecule has 6 nitrogen and oxygen atoms in total. The van der Waals surface area contributed by atoms with E-state index in [1.54, 1.807) is 13.8 Å². The summed E-state index contributed by atoms with van der Waals surface area (Å²) in [6, 6.07) is 2.07. The number of ether oxygens (including phenoxy) is 1. The lowest BCUT2D eigenvalue weighted by Gasteiger charge is -2.34. The van der Waals surface area contributed by atoms with Gasteiger partial charge in [-0.1, -0.05) is 0 Å². The third-order valence-corrected chi connectivity index (χ3v) is 3.61. The van der Waals surface area contributed by atoms with E-state index in [-0.39, 0.29) is 30.5 Å². The van der Waals surface area contributed by atoms with Crippen LogP contribution in [0.2, 0.25) is 0 Å². The first-order valence-electron chi connectivity index (χ1n) is 7.08. The minimum Gasteiger partial charge on any atom is -0.444 e. The highest BCUT2D eigenvalue weighted by Gasteiger charge is 2.24. The molecule has 1 aromatic rings. The molecule has 1 amide bonds. The molecule has 0 aliphatic carbocycles. The Morgan fingerprint density at radius 2 is 2.00 bits per heavy atom. The molecule has 1 fully saturated rings. The molecule has 0 unspecified atom stereocenters. The Hall–Kier alpha value is -1.84. The highest BCUT2D eigenvalue weighted by molar-refractivity contribution is 5.92. The van der Waals surface area contributed by atoms with Gasteiger partial charge in [-0.2, -0.15) is 5.26 Å². The quantitative estimate of drug-likeness (QED) is 0.919. The lowest BCUT2D eigenvalue weighted by Crippen LogP contribution is -2.48. The monoisotopic (exact) mass is 291 g/mol. The van der Waals surface area contributed by atoms with Crippen LogP contribution < -0.4 is 5.32 Å². The van der Waals surface area contributed by atoms with Gasteiger partial charge < -0.3 is 9.15 Å². The van der Waals surface area contributed by atoms with Crippen LogP contribution in [0.3, 0.4) is 0 Å². The van der Waals surface area contributed by atoms with Crippen molar-refractivity contribution in [2.24, 2.45) is 0 Å². The number of hydrogen-bond donors (Lipinski definition) is 1. The summed E-state index contributed by atoms with van der Waals surface area (Å²) in [7, 11) is 0. The lowest BCUT2D eigenvalue weighted by atomic mass is 10.2. The Morgan fingerprint density at radius 1 is 1.38 bits per heavy atom. The largest absolute Gasteiger partial charge is 0.444 e. The SMILES string of the molecule is Cc1oc(NC(=O)CN2C[C@@H](C)O[C@@H](C)C2)c(C#N)c1C. The number of rotatable bonds is 3. The maximum Gasteiger partial charge on any atom is 0.240 e. The van der Waals surface area contributed by atoms with Crippen LogP contribution in [0.1, 0.15) is 30.7 Å². The van der Waals surface area contributed by atoms with E-state index in [1.165, 1.54) is 0 Å². The molecule has 2 atom stereocenters. The van der Waals surface area contributed by atoms with E-state index in [9.17, 15) is 4.79 Å². The van der Waals surface area contributed by atoms with Gasteiger partial charge in [0, 0.05) is 18.7 Å². The summed E-state index contributed by atoms with van der Waals surface area (Å²) in [6.45, 7) is 9.27. The second-order valence-electron chi connectivity index (χ2n) is 5.60. The number of carbonyl (C=O) groups excluding carboxylic acids is 1. The Balaban J connectivity index is 1.99.